The number of rotatable bonds is 12. The summed E-state index contributed by atoms with van der Waals surface area (Å²) in [6.07, 6.45) is -1.67. The van der Waals surface area contributed by atoms with Crippen molar-refractivity contribution in [3.8, 4) is 0 Å². The number of esters is 2. The maximum Gasteiger partial charge on any atom is 0.413 e. The molecule has 2 aliphatic heterocycles. The first-order chi connectivity index (χ1) is 27.1. The average Bonchev–Trinajstić information content (AvgIpc) is 3.49. The number of amides is 3. The number of aromatic nitrogens is 1. The van der Waals surface area contributed by atoms with Crippen LogP contribution >= 0.6 is 45.5 Å². The molecule has 0 spiro atoms. The summed E-state index contributed by atoms with van der Waals surface area (Å²) in [5.41, 5.74) is -2.52. The minimum absolute atomic E-state index is 0.0527. The fourth-order valence-corrected chi connectivity index (χ4v) is 9.30. The molecule has 2 aliphatic rings. The van der Waals surface area contributed by atoms with E-state index in [1.807, 2.05) is 83.3 Å². The highest BCUT2D eigenvalue weighted by Gasteiger charge is 2.61. The van der Waals surface area contributed by atoms with Gasteiger partial charge in [0.25, 0.3) is 11.8 Å². The molecule has 19 heteroatoms. The highest BCUT2D eigenvalue weighted by Crippen LogP contribution is 2.39. The first kappa shape index (κ1) is 44.9. The fourth-order valence-electron chi connectivity index (χ4n) is 5.58. The standard InChI is InChI=1S/C39H43ClIN5O10S2/c1-37(2,3)54-34(50)39(7,8)56-45-25(24-29(40)57-35(43-24)44-36(51)55-38(4,5)6)30(47)42-26-31(48)46-27(23(19-41)20-58(52)32(26)46)33(49)53-28(21-15-11-9-12-16-21)22-17-13-10-14-18-22/h9-18,26,28,32H,19-20H2,1-8H3,(H,42,47)(H,43,44,51)/b45-25-. The van der Waals surface area contributed by atoms with Gasteiger partial charge in [-0.1, -0.05) is 111 Å². The van der Waals surface area contributed by atoms with E-state index in [1.165, 1.54) is 13.8 Å². The minimum atomic E-state index is -1.77. The van der Waals surface area contributed by atoms with Crippen molar-refractivity contribution >= 4 is 97.4 Å². The van der Waals surface area contributed by atoms with Crippen molar-refractivity contribution in [3.05, 3.63) is 93.1 Å². The van der Waals surface area contributed by atoms with Crippen molar-refractivity contribution in [2.24, 2.45) is 5.16 Å². The van der Waals surface area contributed by atoms with E-state index >= 15 is 0 Å². The first-order valence-electron chi connectivity index (χ1n) is 17.9. The van der Waals surface area contributed by atoms with Gasteiger partial charge in [0, 0.05) is 10.0 Å². The number of alkyl halides is 1. The third-order valence-electron chi connectivity index (χ3n) is 8.16. The van der Waals surface area contributed by atoms with Crippen LogP contribution in [0.2, 0.25) is 4.34 Å². The van der Waals surface area contributed by atoms with Gasteiger partial charge in [-0.15, -0.1) is 0 Å². The molecule has 5 rings (SSSR count). The Balaban J connectivity index is 1.44. The van der Waals surface area contributed by atoms with Crippen LogP contribution in [0.4, 0.5) is 9.93 Å². The Morgan fingerprint density at radius 2 is 1.55 bits per heavy atom. The number of halogens is 2. The molecule has 1 fully saturated rings. The van der Waals surface area contributed by atoms with Crippen LogP contribution in [-0.2, 0) is 49.4 Å². The van der Waals surface area contributed by atoms with E-state index in [4.69, 9.17) is 30.6 Å². The van der Waals surface area contributed by atoms with Crippen molar-refractivity contribution in [1.29, 1.82) is 0 Å². The third-order valence-corrected chi connectivity index (χ3v) is 11.9. The smallest absolute Gasteiger partial charge is 0.413 e. The Kier molecular flexibility index (Phi) is 13.9. The highest BCUT2D eigenvalue weighted by atomic mass is 127. The van der Waals surface area contributed by atoms with E-state index in [-0.39, 0.29) is 31.0 Å². The Morgan fingerprint density at radius 1 is 0.983 bits per heavy atom. The van der Waals surface area contributed by atoms with Crippen molar-refractivity contribution in [1.82, 2.24) is 15.2 Å². The number of nitrogens with one attached hydrogen (secondary N) is 2. The quantitative estimate of drug-likeness (QED) is 0.0297. The predicted molar refractivity (Wildman–Crippen MR) is 227 cm³/mol. The van der Waals surface area contributed by atoms with Gasteiger partial charge in [-0.25, -0.2) is 19.4 Å². The summed E-state index contributed by atoms with van der Waals surface area (Å²) in [6.45, 7) is 12.8. The molecule has 2 aromatic carbocycles. The summed E-state index contributed by atoms with van der Waals surface area (Å²) >= 11 is 7.58. The average molecular weight is 968 g/mol. The van der Waals surface area contributed by atoms with Crippen LogP contribution < -0.4 is 10.6 Å². The van der Waals surface area contributed by atoms with E-state index in [9.17, 15) is 28.5 Å². The number of fused-ring (bicyclic) bond motifs is 1. The molecule has 3 heterocycles. The number of ether oxygens (including phenoxy) is 3. The lowest BCUT2D eigenvalue weighted by molar-refractivity contribution is -0.179. The van der Waals surface area contributed by atoms with Crippen molar-refractivity contribution < 1.29 is 47.6 Å². The Hall–Kier alpha value is -4.24. The summed E-state index contributed by atoms with van der Waals surface area (Å²) in [7, 11) is 0. The molecule has 3 aromatic rings. The van der Waals surface area contributed by atoms with Gasteiger partial charge in [0.1, 0.15) is 32.7 Å². The summed E-state index contributed by atoms with van der Waals surface area (Å²) in [6, 6.07) is 16.8. The van der Waals surface area contributed by atoms with Gasteiger partial charge >= 0.3 is 18.0 Å². The van der Waals surface area contributed by atoms with E-state index in [1.54, 1.807) is 41.5 Å². The molecular weight excluding hydrogens is 925 g/mol. The number of anilines is 1. The van der Waals surface area contributed by atoms with Gasteiger partial charge in [-0.3, -0.25) is 19.8 Å². The lowest BCUT2D eigenvalue weighted by atomic mass is 10.0. The predicted octanol–water partition coefficient (Wildman–Crippen LogP) is 6.42. The van der Waals surface area contributed by atoms with Gasteiger partial charge in [-0.05, 0) is 77.7 Å². The van der Waals surface area contributed by atoms with Crippen LogP contribution in [0, 0.1) is 0 Å². The van der Waals surface area contributed by atoms with Crippen LogP contribution in [-0.4, -0.2) is 88.4 Å². The third kappa shape index (κ3) is 10.7. The zero-order valence-corrected chi connectivity index (χ0v) is 37.5. The second-order valence-corrected chi connectivity index (χ2v) is 19.5. The van der Waals surface area contributed by atoms with E-state index in [2.05, 4.69) is 20.8 Å². The van der Waals surface area contributed by atoms with Crippen LogP contribution in [0.3, 0.4) is 0 Å². The van der Waals surface area contributed by atoms with E-state index < -0.39 is 81.1 Å². The van der Waals surface area contributed by atoms with Gasteiger partial charge in [-0.2, -0.15) is 0 Å². The number of hydrogen-bond donors (Lipinski definition) is 2. The molecule has 0 radical (unpaired) electrons. The van der Waals surface area contributed by atoms with Crippen LogP contribution in [0.5, 0.6) is 0 Å². The normalized spacial score (nSPS) is 18.6. The number of β-lactam (4-membered cyclic amide) rings is 1. The van der Waals surface area contributed by atoms with Gasteiger partial charge in [0.2, 0.25) is 11.0 Å². The molecule has 3 amide bonds. The van der Waals surface area contributed by atoms with Crippen LogP contribution in [0.25, 0.3) is 0 Å². The number of benzene rings is 2. The molecule has 0 bridgehead atoms. The summed E-state index contributed by atoms with van der Waals surface area (Å²) < 4.78 is 30.7. The molecular formula is C39H43ClIN5O10S2. The van der Waals surface area contributed by atoms with Gasteiger partial charge in [0.05, 0.1) is 0 Å². The zero-order valence-electron chi connectivity index (χ0n) is 32.9. The zero-order chi connectivity index (χ0) is 42.7. The second kappa shape index (κ2) is 17.9. The molecule has 1 aromatic heterocycles. The Labute approximate surface area is 361 Å². The first-order valence-corrected chi connectivity index (χ1v) is 22.0. The van der Waals surface area contributed by atoms with E-state index in [0.29, 0.717) is 16.7 Å². The Bertz CT molecular complexity index is 2080. The molecule has 310 valence electrons. The fraction of sp³-hybridized carbons (Fsp3) is 0.410. The van der Waals surface area contributed by atoms with Gasteiger partial charge in [0.15, 0.2) is 23.0 Å². The van der Waals surface area contributed by atoms with Crippen LogP contribution in [0.1, 0.15) is 78.3 Å². The number of oxime groups is 1. The molecule has 58 heavy (non-hydrogen) atoms. The SMILES string of the molecule is CC(C)(C)OC(=O)Nc1nc(/C(=N/OC(C)(C)C(=O)OC(C)(C)C)C(=O)NC2C(=O)N3C(C(=O)OC(c4ccccc4)c4ccccc4)=C(CI)C[S+]([O-])C23)c(Cl)s1. The summed E-state index contributed by atoms with van der Waals surface area (Å²) in [5.74, 6) is -3.46. The number of thiazole rings is 1. The van der Waals surface area contributed by atoms with Crippen LogP contribution in [0.15, 0.2) is 77.1 Å². The lowest BCUT2D eigenvalue weighted by Crippen LogP contribution is -2.75. The number of carbonyl (C=O) groups excluding carboxylic acids is 5. The Morgan fingerprint density at radius 3 is 2.09 bits per heavy atom. The highest BCUT2D eigenvalue weighted by molar-refractivity contribution is 14.1. The molecule has 0 saturated carbocycles. The number of carbonyl (C=O) groups is 5. The molecule has 2 N–H and O–H groups in total. The number of nitrogens with zero attached hydrogens (tertiary/aromatic N) is 3. The number of hydrogen-bond acceptors (Lipinski definition) is 13. The monoisotopic (exact) mass is 967 g/mol. The topological polar surface area (TPSA) is 198 Å². The summed E-state index contributed by atoms with van der Waals surface area (Å²) in [4.78, 5) is 78.7. The maximum absolute atomic E-state index is 14.1. The molecule has 3 unspecified atom stereocenters. The molecule has 0 aliphatic carbocycles. The molecule has 15 nitrogen and oxygen atoms in total. The molecule has 1 saturated heterocycles. The van der Waals surface area contributed by atoms with Gasteiger partial charge < -0.3 is 28.9 Å². The molecule has 3 atom stereocenters. The second-order valence-electron chi connectivity index (χ2n) is 15.6. The van der Waals surface area contributed by atoms with Crippen molar-refractivity contribution in [2.75, 3.05) is 15.5 Å². The largest absolute Gasteiger partial charge is 0.614 e. The maximum atomic E-state index is 14.1. The van der Waals surface area contributed by atoms with Crippen molar-refractivity contribution in [2.45, 2.75) is 89.7 Å². The van der Waals surface area contributed by atoms with E-state index in [0.717, 1.165) is 16.2 Å². The summed E-state index contributed by atoms with van der Waals surface area (Å²) in [5, 5.41) is 7.77. The lowest BCUT2D eigenvalue weighted by Gasteiger charge is -2.49. The van der Waals surface area contributed by atoms with Crippen molar-refractivity contribution in [3.63, 3.8) is 0 Å². The minimum Gasteiger partial charge on any atom is -0.614 e.